The molecule has 164 valence electrons. The van der Waals surface area contributed by atoms with Gasteiger partial charge in [-0.15, -0.1) is 0 Å². The molecule has 0 saturated heterocycles. The lowest BCUT2D eigenvalue weighted by Gasteiger charge is -2.23. The molecule has 0 spiro atoms. The van der Waals surface area contributed by atoms with Crippen LogP contribution in [-0.2, 0) is 0 Å². The van der Waals surface area contributed by atoms with Crippen LogP contribution in [0.1, 0.15) is 55.5 Å². The average Bonchev–Trinajstić information content (AvgIpc) is 3.51. The number of hydrogen-bond acceptors (Lipinski definition) is 9. The molecule has 10 nitrogen and oxygen atoms in total. The second kappa shape index (κ2) is 7.70. The van der Waals surface area contributed by atoms with E-state index in [1.54, 1.807) is 6.92 Å². The summed E-state index contributed by atoms with van der Waals surface area (Å²) >= 11 is 0. The topological polar surface area (TPSA) is 138 Å². The number of aryl methyl sites for hydroxylation is 2. The average molecular weight is 432 g/mol. The van der Waals surface area contributed by atoms with Crippen molar-refractivity contribution in [2.75, 3.05) is 11.1 Å². The molecule has 5 rings (SSSR count). The Bertz CT molecular complexity index is 1370. The van der Waals surface area contributed by atoms with Gasteiger partial charge in [-0.05, 0) is 37.8 Å². The van der Waals surface area contributed by atoms with Crippen LogP contribution in [0.2, 0.25) is 0 Å². The number of benzene rings is 1. The van der Waals surface area contributed by atoms with Crippen LogP contribution in [0, 0.1) is 13.8 Å². The van der Waals surface area contributed by atoms with Gasteiger partial charge in [0.25, 0.3) is 5.56 Å². The molecule has 4 aromatic rings. The summed E-state index contributed by atoms with van der Waals surface area (Å²) < 4.78 is 6.97. The van der Waals surface area contributed by atoms with E-state index in [0.717, 1.165) is 18.4 Å². The third-order valence-corrected chi connectivity index (χ3v) is 5.74. The minimum absolute atomic E-state index is 0.00191. The predicted octanol–water partition coefficient (Wildman–Crippen LogP) is 3.33. The largest absolute Gasteiger partial charge is 0.383 e. The van der Waals surface area contributed by atoms with Crippen molar-refractivity contribution in [2.45, 2.75) is 52.1 Å². The van der Waals surface area contributed by atoms with Crippen LogP contribution in [0.25, 0.3) is 22.3 Å². The second-order valence-electron chi connectivity index (χ2n) is 8.07. The van der Waals surface area contributed by atoms with E-state index < -0.39 is 0 Å². The van der Waals surface area contributed by atoms with Gasteiger partial charge in [-0.25, -0.2) is 15.0 Å². The molecule has 0 aliphatic heterocycles. The van der Waals surface area contributed by atoms with E-state index in [1.807, 2.05) is 36.6 Å². The highest BCUT2D eigenvalue weighted by Crippen LogP contribution is 2.38. The maximum absolute atomic E-state index is 13.5. The first-order valence-corrected chi connectivity index (χ1v) is 10.7. The molecule has 3 aromatic heterocycles. The quantitative estimate of drug-likeness (QED) is 0.470. The Morgan fingerprint density at radius 3 is 2.75 bits per heavy atom. The number of nitrogens with zero attached hydrogens (tertiary/aromatic N) is 6. The normalized spacial score (nSPS) is 14.6. The van der Waals surface area contributed by atoms with Gasteiger partial charge < -0.3 is 15.6 Å². The van der Waals surface area contributed by atoms with Gasteiger partial charge in [0.2, 0.25) is 11.7 Å². The highest BCUT2D eigenvalue weighted by atomic mass is 16.5. The van der Waals surface area contributed by atoms with Gasteiger partial charge in [0.15, 0.2) is 0 Å². The van der Waals surface area contributed by atoms with Crippen molar-refractivity contribution < 1.29 is 4.52 Å². The number of aromatic nitrogens is 6. The number of nitrogen functional groups attached to an aromatic ring is 1. The maximum atomic E-state index is 13.5. The predicted molar refractivity (Wildman–Crippen MR) is 120 cm³/mol. The zero-order valence-corrected chi connectivity index (χ0v) is 18.2. The Hall–Kier alpha value is -3.82. The zero-order valence-electron chi connectivity index (χ0n) is 18.2. The Morgan fingerprint density at radius 1 is 1.25 bits per heavy atom. The molecule has 1 aliphatic carbocycles. The van der Waals surface area contributed by atoms with Crippen molar-refractivity contribution in [3.8, 4) is 11.4 Å². The van der Waals surface area contributed by atoms with Gasteiger partial charge in [0, 0.05) is 13.0 Å². The van der Waals surface area contributed by atoms with Crippen molar-refractivity contribution >= 4 is 22.5 Å². The van der Waals surface area contributed by atoms with Crippen molar-refractivity contribution in [2.24, 2.45) is 0 Å². The van der Waals surface area contributed by atoms with E-state index in [9.17, 15) is 4.79 Å². The van der Waals surface area contributed by atoms with Crippen molar-refractivity contribution in [3.63, 3.8) is 0 Å². The molecule has 0 radical (unpaired) electrons. The Morgan fingerprint density at radius 2 is 2.06 bits per heavy atom. The number of anilines is 2. The first-order chi connectivity index (χ1) is 15.5. The zero-order chi connectivity index (χ0) is 22.4. The summed E-state index contributed by atoms with van der Waals surface area (Å²) in [5.41, 5.74) is 8.22. The monoisotopic (exact) mass is 432 g/mol. The van der Waals surface area contributed by atoms with Crippen LogP contribution in [0.3, 0.4) is 0 Å². The van der Waals surface area contributed by atoms with Crippen LogP contribution in [0.4, 0.5) is 11.6 Å². The summed E-state index contributed by atoms with van der Waals surface area (Å²) in [5.74, 6) is 2.10. The number of nitrogens with two attached hydrogens (primary N) is 1. The SMILES string of the molecule is CCC(Nc1ncnc(N)c1-c1noc(C)n1)c1nc2cccc(C)c2c(=O)n1C1CC1. The molecule has 10 heteroatoms. The molecule has 1 aromatic carbocycles. The van der Waals surface area contributed by atoms with Gasteiger partial charge in [0.1, 0.15) is 29.4 Å². The van der Waals surface area contributed by atoms with Crippen molar-refractivity contribution in [1.29, 1.82) is 0 Å². The Kier molecular flexibility index (Phi) is 4.84. The molecule has 3 N–H and O–H groups in total. The summed E-state index contributed by atoms with van der Waals surface area (Å²) in [4.78, 5) is 31.2. The molecule has 3 heterocycles. The van der Waals surface area contributed by atoms with Crippen LogP contribution in [0.15, 0.2) is 33.8 Å². The fraction of sp³-hybridized carbons (Fsp3) is 0.364. The fourth-order valence-corrected chi connectivity index (χ4v) is 4.00. The molecule has 0 bridgehead atoms. The van der Waals surface area contributed by atoms with Crippen LogP contribution in [-0.4, -0.2) is 29.7 Å². The lowest BCUT2D eigenvalue weighted by Crippen LogP contribution is -2.29. The van der Waals surface area contributed by atoms with Crippen LogP contribution >= 0.6 is 0 Å². The first kappa shape index (κ1) is 20.1. The number of fused-ring (bicyclic) bond motifs is 1. The molecule has 1 fully saturated rings. The standard InChI is InChI=1S/C22H24N8O2/c1-4-14(27-19-17(18(23)24-10-25-19)20-26-12(3)32-29-20)21-28-15-7-5-6-11(2)16(15)22(31)30(21)13-8-9-13/h5-7,10,13-14H,4,8-9H2,1-3H3,(H3,23,24,25,27). The van der Waals surface area contributed by atoms with Crippen molar-refractivity contribution in [1.82, 2.24) is 29.7 Å². The minimum atomic E-state index is -0.283. The van der Waals surface area contributed by atoms with Gasteiger partial charge >= 0.3 is 0 Å². The molecule has 1 unspecified atom stereocenters. The third-order valence-electron chi connectivity index (χ3n) is 5.74. The van der Waals surface area contributed by atoms with Crippen molar-refractivity contribution in [3.05, 3.63) is 52.2 Å². The molecule has 0 amide bonds. The fourth-order valence-electron chi connectivity index (χ4n) is 4.00. The lowest BCUT2D eigenvalue weighted by molar-refractivity contribution is 0.394. The summed E-state index contributed by atoms with van der Waals surface area (Å²) in [5, 5.41) is 8.07. The summed E-state index contributed by atoms with van der Waals surface area (Å²) in [7, 11) is 0. The Labute approximate surface area is 183 Å². The van der Waals surface area contributed by atoms with Crippen LogP contribution in [0.5, 0.6) is 0 Å². The third kappa shape index (κ3) is 3.37. The number of rotatable bonds is 6. The Balaban J connectivity index is 1.64. The lowest BCUT2D eigenvalue weighted by atomic mass is 10.1. The molecular formula is C22H24N8O2. The highest BCUT2D eigenvalue weighted by Gasteiger charge is 2.31. The molecule has 1 atom stereocenters. The second-order valence-corrected chi connectivity index (χ2v) is 8.07. The highest BCUT2D eigenvalue weighted by molar-refractivity contribution is 5.82. The summed E-state index contributed by atoms with van der Waals surface area (Å²) in [6.07, 6.45) is 3.99. The van der Waals surface area contributed by atoms with Gasteiger partial charge in [0.05, 0.1) is 16.9 Å². The first-order valence-electron chi connectivity index (χ1n) is 10.7. The van der Waals surface area contributed by atoms with E-state index in [1.165, 1.54) is 6.33 Å². The maximum Gasteiger partial charge on any atom is 0.261 e. The molecule has 1 aliphatic rings. The van der Waals surface area contributed by atoms with Crippen LogP contribution < -0.4 is 16.6 Å². The summed E-state index contributed by atoms with van der Waals surface area (Å²) in [6, 6.07) is 5.63. The number of nitrogens with one attached hydrogen (secondary N) is 1. The molecular weight excluding hydrogens is 408 g/mol. The smallest absolute Gasteiger partial charge is 0.261 e. The van der Waals surface area contributed by atoms with Gasteiger partial charge in [-0.3, -0.25) is 9.36 Å². The van der Waals surface area contributed by atoms with E-state index >= 15 is 0 Å². The van der Waals surface area contributed by atoms with Gasteiger partial charge in [-0.2, -0.15) is 4.98 Å². The summed E-state index contributed by atoms with van der Waals surface area (Å²) in [6.45, 7) is 5.68. The number of hydrogen-bond donors (Lipinski definition) is 2. The molecule has 32 heavy (non-hydrogen) atoms. The van der Waals surface area contributed by atoms with E-state index in [-0.39, 0.29) is 23.5 Å². The van der Waals surface area contributed by atoms with E-state index in [4.69, 9.17) is 15.2 Å². The minimum Gasteiger partial charge on any atom is -0.383 e. The van der Waals surface area contributed by atoms with E-state index in [2.05, 4.69) is 25.4 Å². The van der Waals surface area contributed by atoms with E-state index in [0.29, 0.717) is 46.2 Å². The van der Waals surface area contributed by atoms with Gasteiger partial charge in [-0.1, -0.05) is 24.2 Å². The molecule has 1 saturated carbocycles.